The van der Waals surface area contributed by atoms with Crippen LogP contribution < -0.4 is 10.2 Å². The standard InChI is InChI=1S/C19H22ClF3N2O/c20-16-9-14(3-4-15(16)19(21,22)23)25-6-5-13(10-25)18(26)24-17-8-11-1-2-12(17)7-11/h3-4,9,11-13,17H,1-2,5-8,10H2,(H,24,26)/t11-,12+,13?,17-/m1/s1. The maximum Gasteiger partial charge on any atom is 0.417 e. The zero-order chi connectivity index (χ0) is 18.5. The van der Waals surface area contributed by atoms with E-state index in [1.165, 1.54) is 31.4 Å². The largest absolute Gasteiger partial charge is 0.417 e. The van der Waals surface area contributed by atoms with Crippen molar-refractivity contribution in [3.8, 4) is 0 Å². The molecule has 1 aromatic rings. The first-order chi connectivity index (χ1) is 12.3. The van der Waals surface area contributed by atoms with Crippen molar-refractivity contribution in [2.75, 3.05) is 18.0 Å². The summed E-state index contributed by atoms with van der Waals surface area (Å²) >= 11 is 5.81. The van der Waals surface area contributed by atoms with Crippen LogP contribution in [0.25, 0.3) is 0 Å². The molecular formula is C19H22ClF3N2O. The predicted molar refractivity (Wildman–Crippen MR) is 94.2 cm³/mol. The van der Waals surface area contributed by atoms with Gasteiger partial charge in [-0.05, 0) is 55.7 Å². The number of rotatable bonds is 3. The van der Waals surface area contributed by atoms with Crippen LogP contribution in [-0.2, 0) is 11.0 Å². The Morgan fingerprint density at radius 2 is 2.00 bits per heavy atom. The molecule has 1 saturated heterocycles. The summed E-state index contributed by atoms with van der Waals surface area (Å²) in [6.45, 7) is 1.17. The summed E-state index contributed by atoms with van der Waals surface area (Å²) < 4.78 is 38.5. The number of alkyl halides is 3. The van der Waals surface area contributed by atoms with Crippen LogP contribution in [0, 0.1) is 17.8 Å². The lowest BCUT2D eigenvalue weighted by Gasteiger charge is -2.25. The van der Waals surface area contributed by atoms with Crippen molar-refractivity contribution in [3.63, 3.8) is 0 Å². The van der Waals surface area contributed by atoms with Crippen LogP contribution in [0.3, 0.4) is 0 Å². The van der Waals surface area contributed by atoms with Gasteiger partial charge in [-0.2, -0.15) is 13.2 Å². The second-order valence-corrected chi connectivity index (χ2v) is 8.29. The summed E-state index contributed by atoms with van der Waals surface area (Å²) in [5.41, 5.74) is -0.189. The van der Waals surface area contributed by atoms with Crippen LogP contribution in [0.5, 0.6) is 0 Å². The van der Waals surface area contributed by atoms with Gasteiger partial charge in [0.15, 0.2) is 0 Å². The van der Waals surface area contributed by atoms with Gasteiger partial charge in [-0.15, -0.1) is 0 Å². The Bertz CT molecular complexity index is 709. The molecule has 0 spiro atoms. The number of carbonyl (C=O) groups is 1. The van der Waals surface area contributed by atoms with Gasteiger partial charge in [0, 0.05) is 24.8 Å². The molecule has 0 aromatic heterocycles. The molecule has 142 valence electrons. The number of nitrogens with zero attached hydrogens (tertiary/aromatic N) is 1. The van der Waals surface area contributed by atoms with Gasteiger partial charge >= 0.3 is 6.18 Å². The molecule has 0 radical (unpaired) electrons. The van der Waals surface area contributed by atoms with Gasteiger partial charge in [0.05, 0.1) is 16.5 Å². The molecule has 1 amide bonds. The fraction of sp³-hybridized carbons (Fsp3) is 0.632. The zero-order valence-electron chi connectivity index (χ0n) is 14.4. The molecule has 4 atom stereocenters. The summed E-state index contributed by atoms with van der Waals surface area (Å²) in [7, 11) is 0. The van der Waals surface area contributed by atoms with Crippen LogP contribution in [0.1, 0.15) is 37.7 Å². The highest BCUT2D eigenvalue weighted by molar-refractivity contribution is 6.31. The van der Waals surface area contributed by atoms with Gasteiger partial charge in [-0.1, -0.05) is 18.0 Å². The maximum atomic E-state index is 12.8. The lowest BCUT2D eigenvalue weighted by Crippen LogP contribution is -2.42. The minimum atomic E-state index is -4.45. The molecule has 1 unspecified atom stereocenters. The normalized spacial score (nSPS) is 30.8. The average molecular weight is 387 g/mol. The molecule has 1 aromatic carbocycles. The van der Waals surface area contributed by atoms with Crippen LogP contribution >= 0.6 is 11.6 Å². The van der Waals surface area contributed by atoms with Gasteiger partial charge in [0.1, 0.15) is 0 Å². The number of nitrogens with one attached hydrogen (secondary N) is 1. The molecule has 2 bridgehead atoms. The van der Waals surface area contributed by atoms with E-state index in [-0.39, 0.29) is 16.8 Å². The quantitative estimate of drug-likeness (QED) is 0.830. The van der Waals surface area contributed by atoms with E-state index in [0.717, 1.165) is 18.4 Å². The van der Waals surface area contributed by atoms with E-state index in [4.69, 9.17) is 11.6 Å². The van der Waals surface area contributed by atoms with E-state index in [2.05, 4.69) is 5.32 Å². The molecule has 26 heavy (non-hydrogen) atoms. The van der Waals surface area contributed by atoms with Crippen LogP contribution in [-0.4, -0.2) is 25.0 Å². The Balaban J connectivity index is 1.37. The Hall–Kier alpha value is -1.43. The highest BCUT2D eigenvalue weighted by atomic mass is 35.5. The van der Waals surface area contributed by atoms with Gasteiger partial charge in [-0.3, -0.25) is 4.79 Å². The van der Waals surface area contributed by atoms with Crippen LogP contribution in [0.4, 0.5) is 18.9 Å². The van der Waals surface area contributed by atoms with Crippen molar-refractivity contribution in [2.24, 2.45) is 17.8 Å². The van der Waals surface area contributed by atoms with E-state index >= 15 is 0 Å². The predicted octanol–water partition coefficient (Wildman–Crippen LogP) is 4.49. The highest BCUT2D eigenvalue weighted by Crippen LogP contribution is 2.44. The fourth-order valence-electron chi connectivity index (χ4n) is 4.86. The second-order valence-electron chi connectivity index (χ2n) is 7.88. The van der Waals surface area contributed by atoms with Crippen molar-refractivity contribution in [2.45, 2.75) is 44.3 Å². The molecular weight excluding hydrogens is 365 g/mol. The van der Waals surface area contributed by atoms with Crippen LogP contribution in [0.2, 0.25) is 5.02 Å². The number of anilines is 1. The van der Waals surface area contributed by atoms with Gasteiger partial charge < -0.3 is 10.2 Å². The first kappa shape index (κ1) is 18.0. The number of halogens is 4. The molecule has 2 saturated carbocycles. The molecule has 3 fully saturated rings. The summed E-state index contributed by atoms with van der Waals surface area (Å²) in [6, 6.07) is 4.11. The number of hydrogen-bond acceptors (Lipinski definition) is 2. The Morgan fingerprint density at radius 3 is 2.62 bits per heavy atom. The van der Waals surface area contributed by atoms with Crippen molar-refractivity contribution in [3.05, 3.63) is 28.8 Å². The molecule has 1 heterocycles. The van der Waals surface area contributed by atoms with Crippen molar-refractivity contribution < 1.29 is 18.0 Å². The SMILES string of the molecule is O=C(N[C@@H]1C[C@@H]2CC[C@H]1C2)C1CCN(c2ccc(C(F)(F)F)c(Cl)c2)C1. The first-order valence-electron chi connectivity index (χ1n) is 9.23. The van der Waals surface area contributed by atoms with E-state index in [1.54, 1.807) is 0 Å². The fourth-order valence-corrected chi connectivity index (χ4v) is 5.14. The lowest BCUT2D eigenvalue weighted by atomic mass is 9.94. The number of hydrogen-bond donors (Lipinski definition) is 1. The Kier molecular flexibility index (Phi) is 4.58. The zero-order valence-corrected chi connectivity index (χ0v) is 15.1. The summed E-state index contributed by atoms with van der Waals surface area (Å²) in [4.78, 5) is 14.5. The average Bonchev–Trinajstić information content (AvgIpc) is 3.30. The lowest BCUT2D eigenvalue weighted by molar-refractivity contribution is -0.137. The Labute approximate surface area is 155 Å². The third-order valence-corrected chi connectivity index (χ3v) is 6.56. The molecule has 7 heteroatoms. The molecule has 2 aliphatic carbocycles. The van der Waals surface area contributed by atoms with E-state index < -0.39 is 11.7 Å². The monoisotopic (exact) mass is 386 g/mol. The topological polar surface area (TPSA) is 32.3 Å². The van der Waals surface area contributed by atoms with Crippen molar-refractivity contribution in [1.82, 2.24) is 5.32 Å². The van der Waals surface area contributed by atoms with Crippen molar-refractivity contribution in [1.29, 1.82) is 0 Å². The smallest absolute Gasteiger partial charge is 0.371 e. The van der Waals surface area contributed by atoms with E-state index in [1.807, 2.05) is 4.90 Å². The second kappa shape index (κ2) is 6.63. The molecule has 1 N–H and O–H groups in total. The van der Waals surface area contributed by atoms with Crippen molar-refractivity contribution >= 4 is 23.2 Å². The minimum Gasteiger partial charge on any atom is -0.371 e. The minimum absolute atomic E-state index is 0.0862. The molecule has 1 aliphatic heterocycles. The van der Waals surface area contributed by atoms with Gasteiger partial charge in [0.2, 0.25) is 5.91 Å². The maximum absolute atomic E-state index is 12.8. The number of amides is 1. The number of carbonyl (C=O) groups excluding carboxylic acids is 1. The van der Waals surface area contributed by atoms with E-state index in [9.17, 15) is 18.0 Å². The summed E-state index contributed by atoms with van der Waals surface area (Å²) in [5.74, 6) is 1.38. The number of benzene rings is 1. The third-order valence-electron chi connectivity index (χ3n) is 6.25. The molecule has 3 nitrogen and oxygen atoms in total. The third kappa shape index (κ3) is 3.40. The first-order valence-corrected chi connectivity index (χ1v) is 9.61. The summed E-state index contributed by atoms with van der Waals surface area (Å²) in [6.07, 6.45) is 1.11. The van der Waals surface area contributed by atoms with Gasteiger partial charge in [0.25, 0.3) is 0 Å². The Morgan fingerprint density at radius 1 is 1.19 bits per heavy atom. The van der Waals surface area contributed by atoms with Gasteiger partial charge in [-0.25, -0.2) is 0 Å². The summed E-state index contributed by atoms with van der Waals surface area (Å²) in [5, 5.41) is 2.92. The molecule has 3 aliphatic rings. The van der Waals surface area contributed by atoms with E-state index in [0.29, 0.717) is 37.2 Å². The highest BCUT2D eigenvalue weighted by Gasteiger charge is 2.41. The van der Waals surface area contributed by atoms with Crippen LogP contribution in [0.15, 0.2) is 18.2 Å². The number of fused-ring (bicyclic) bond motifs is 2. The molecule has 4 rings (SSSR count).